The van der Waals surface area contributed by atoms with Crippen molar-refractivity contribution < 1.29 is 17.9 Å². The Hall–Kier alpha value is -3.20. The Labute approximate surface area is 238 Å². The summed E-state index contributed by atoms with van der Waals surface area (Å²) in [6, 6.07) is 26.1. The molecule has 40 heavy (non-hydrogen) atoms. The molecule has 2 saturated heterocycles. The third-order valence-corrected chi connectivity index (χ3v) is 9.90. The van der Waals surface area contributed by atoms with Crippen LogP contribution in [0.25, 0.3) is 0 Å². The van der Waals surface area contributed by atoms with E-state index in [1.807, 2.05) is 30.9 Å². The van der Waals surface area contributed by atoms with Gasteiger partial charge in [0.1, 0.15) is 5.75 Å². The molecule has 0 N–H and O–H groups in total. The Morgan fingerprint density at radius 1 is 0.900 bits per heavy atom. The van der Waals surface area contributed by atoms with Crippen LogP contribution >= 0.6 is 0 Å². The largest absolute Gasteiger partial charge is 0.494 e. The predicted octanol–water partition coefficient (Wildman–Crippen LogP) is 4.73. The second-order valence-electron chi connectivity index (χ2n) is 10.6. The maximum atomic E-state index is 13.6. The fourth-order valence-corrected chi connectivity index (χ4v) is 7.56. The van der Waals surface area contributed by atoms with Crippen LogP contribution in [0.3, 0.4) is 0 Å². The first kappa shape index (κ1) is 28.3. The highest BCUT2D eigenvalue weighted by Crippen LogP contribution is 2.31. The number of hydrogen-bond donors (Lipinski definition) is 0. The summed E-state index contributed by atoms with van der Waals surface area (Å²) in [7, 11) is -3.70. The van der Waals surface area contributed by atoms with Gasteiger partial charge in [0, 0.05) is 39.3 Å². The molecule has 0 radical (unpaired) electrons. The molecule has 2 fully saturated rings. The van der Waals surface area contributed by atoms with Crippen LogP contribution in [0.15, 0.2) is 83.8 Å². The number of piperazine rings is 1. The van der Waals surface area contributed by atoms with Gasteiger partial charge in [-0.15, -0.1) is 0 Å². The Bertz CT molecular complexity index is 1350. The summed E-state index contributed by atoms with van der Waals surface area (Å²) in [6.45, 7) is 7.74. The first-order valence-corrected chi connectivity index (χ1v) is 15.7. The molecule has 1 amide bonds. The number of sulfonamides is 1. The van der Waals surface area contributed by atoms with Gasteiger partial charge in [-0.2, -0.15) is 4.31 Å². The molecule has 212 valence electrons. The highest BCUT2D eigenvalue weighted by molar-refractivity contribution is 7.89. The summed E-state index contributed by atoms with van der Waals surface area (Å²) in [5.41, 5.74) is 3.27. The van der Waals surface area contributed by atoms with Gasteiger partial charge in [0.05, 0.1) is 23.5 Å². The number of nitrogens with zero attached hydrogens (tertiary/aromatic N) is 3. The standard InChI is InChI=1S/C32H39N3O4S/c1-3-39-30-17-16-29(23-25(30)2)40(37,38)35-18-10-15-28(24-35)32(36)34-21-19-33(20-22-34)31(26-11-6-4-7-12-26)27-13-8-5-9-14-27/h4-9,11-14,16-17,23,28,31H,3,10,15,18-22,24H2,1-2H3/t28-/m1/s1. The average Bonchev–Trinajstić information content (AvgIpc) is 2.99. The smallest absolute Gasteiger partial charge is 0.243 e. The number of amides is 1. The van der Waals surface area contributed by atoms with Gasteiger partial charge in [0.2, 0.25) is 15.9 Å². The first-order valence-electron chi connectivity index (χ1n) is 14.2. The molecular formula is C32H39N3O4S. The van der Waals surface area contributed by atoms with E-state index >= 15 is 0 Å². The van der Waals surface area contributed by atoms with Crippen LogP contribution in [-0.2, 0) is 14.8 Å². The number of benzene rings is 3. The van der Waals surface area contributed by atoms with Gasteiger partial charge in [-0.25, -0.2) is 8.42 Å². The van der Waals surface area contributed by atoms with Gasteiger partial charge < -0.3 is 9.64 Å². The summed E-state index contributed by atoms with van der Waals surface area (Å²) in [5.74, 6) is 0.436. The number of rotatable bonds is 8. The van der Waals surface area contributed by atoms with Crippen LogP contribution in [0, 0.1) is 12.8 Å². The number of carbonyl (C=O) groups excluding carboxylic acids is 1. The van der Waals surface area contributed by atoms with Crippen molar-refractivity contribution in [2.45, 2.75) is 37.6 Å². The van der Waals surface area contributed by atoms with Crippen LogP contribution < -0.4 is 4.74 Å². The van der Waals surface area contributed by atoms with Gasteiger partial charge in [-0.05, 0) is 61.6 Å². The summed E-state index contributed by atoms with van der Waals surface area (Å²) in [4.78, 5) is 18.3. The minimum absolute atomic E-state index is 0.0680. The van der Waals surface area contributed by atoms with E-state index < -0.39 is 10.0 Å². The molecule has 3 aromatic carbocycles. The third kappa shape index (κ3) is 6.09. The minimum atomic E-state index is -3.70. The van der Waals surface area contributed by atoms with Crippen molar-refractivity contribution in [2.24, 2.45) is 5.92 Å². The number of hydrogen-bond acceptors (Lipinski definition) is 5. The Kier molecular flexibility index (Phi) is 8.88. The van der Waals surface area contributed by atoms with E-state index in [4.69, 9.17) is 4.74 Å². The molecule has 0 aromatic heterocycles. The zero-order chi connectivity index (χ0) is 28.1. The molecule has 7 nitrogen and oxygen atoms in total. The molecule has 0 bridgehead atoms. The molecule has 2 heterocycles. The molecule has 0 spiro atoms. The number of aryl methyl sites for hydroxylation is 1. The van der Waals surface area contributed by atoms with Gasteiger partial charge in [-0.1, -0.05) is 60.7 Å². The van der Waals surface area contributed by atoms with Gasteiger partial charge in [-0.3, -0.25) is 9.69 Å². The van der Waals surface area contributed by atoms with Crippen molar-refractivity contribution in [3.8, 4) is 5.75 Å². The van der Waals surface area contributed by atoms with Gasteiger partial charge in [0.15, 0.2) is 0 Å². The molecule has 5 rings (SSSR count). The lowest BCUT2D eigenvalue weighted by atomic mass is 9.95. The van der Waals surface area contributed by atoms with E-state index in [1.54, 1.807) is 18.2 Å². The number of piperidine rings is 1. The summed E-state index contributed by atoms with van der Waals surface area (Å²) < 4.78 is 34.1. The van der Waals surface area contributed by atoms with E-state index in [-0.39, 0.29) is 29.3 Å². The second kappa shape index (κ2) is 12.5. The zero-order valence-corrected chi connectivity index (χ0v) is 24.2. The van der Waals surface area contributed by atoms with Crippen molar-refractivity contribution in [1.29, 1.82) is 0 Å². The highest BCUT2D eigenvalue weighted by Gasteiger charge is 2.37. The third-order valence-electron chi connectivity index (χ3n) is 8.04. The van der Waals surface area contributed by atoms with Crippen molar-refractivity contribution in [3.05, 3.63) is 95.6 Å². The maximum Gasteiger partial charge on any atom is 0.243 e. The van der Waals surface area contributed by atoms with E-state index in [0.717, 1.165) is 18.7 Å². The molecule has 1 atom stereocenters. The van der Waals surface area contributed by atoms with Crippen molar-refractivity contribution in [2.75, 3.05) is 45.9 Å². The van der Waals surface area contributed by atoms with E-state index in [0.29, 0.717) is 44.8 Å². The van der Waals surface area contributed by atoms with Crippen LogP contribution in [0.4, 0.5) is 0 Å². The highest BCUT2D eigenvalue weighted by atomic mass is 32.2. The predicted molar refractivity (Wildman–Crippen MR) is 157 cm³/mol. The van der Waals surface area contributed by atoms with E-state index in [9.17, 15) is 13.2 Å². The van der Waals surface area contributed by atoms with Crippen LogP contribution in [0.1, 0.15) is 42.5 Å². The zero-order valence-electron chi connectivity index (χ0n) is 23.4. The lowest BCUT2D eigenvalue weighted by Crippen LogP contribution is -2.53. The molecular weight excluding hydrogens is 522 g/mol. The molecule has 2 aliphatic heterocycles. The maximum absolute atomic E-state index is 13.6. The minimum Gasteiger partial charge on any atom is -0.494 e. The topological polar surface area (TPSA) is 70.2 Å². The number of ether oxygens (including phenoxy) is 1. The second-order valence-corrected chi connectivity index (χ2v) is 12.6. The monoisotopic (exact) mass is 561 g/mol. The first-order chi connectivity index (χ1) is 19.4. The summed E-state index contributed by atoms with van der Waals surface area (Å²) >= 11 is 0. The number of carbonyl (C=O) groups is 1. The van der Waals surface area contributed by atoms with Crippen LogP contribution in [0.5, 0.6) is 5.75 Å². The Balaban J connectivity index is 1.24. The quantitative estimate of drug-likeness (QED) is 0.398. The van der Waals surface area contributed by atoms with Gasteiger partial charge in [0.25, 0.3) is 0 Å². The molecule has 8 heteroatoms. The summed E-state index contributed by atoms with van der Waals surface area (Å²) in [6.07, 6.45) is 1.39. The lowest BCUT2D eigenvalue weighted by molar-refractivity contribution is -0.138. The Morgan fingerprint density at radius 2 is 1.52 bits per heavy atom. The SMILES string of the molecule is CCOc1ccc(S(=O)(=O)N2CCC[C@@H](C(=O)N3CCN(C(c4ccccc4)c4ccccc4)CC3)C2)cc1C. The molecule has 0 aliphatic carbocycles. The van der Waals surface area contributed by atoms with Crippen molar-refractivity contribution in [3.63, 3.8) is 0 Å². The molecule has 0 unspecified atom stereocenters. The van der Waals surface area contributed by atoms with E-state index in [2.05, 4.69) is 53.4 Å². The fourth-order valence-electron chi connectivity index (χ4n) is 5.95. The molecule has 2 aliphatic rings. The van der Waals surface area contributed by atoms with E-state index in [1.165, 1.54) is 15.4 Å². The van der Waals surface area contributed by atoms with Crippen LogP contribution in [0.2, 0.25) is 0 Å². The van der Waals surface area contributed by atoms with Gasteiger partial charge >= 0.3 is 0 Å². The average molecular weight is 562 g/mol. The molecule has 0 saturated carbocycles. The lowest BCUT2D eigenvalue weighted by Gasteiger charge is -2.41. The fraction of sp³-hybridized carbons (Fsp3) is 0.406. The Morgan fingerprint density at radius 3 is 2.10 bits per heavy atom. The van der Waals surface area contributed by atoms with Crippen molar-refractivity contribution in [1.82, 2.24) is 14.1 Å². The summed E-state index contributed by atoms with van der Waals surface area (Å²) in [5, 5.41) is 0. The normalized spacial score (nSPS) is 19.1. The van der Waals surface area contributed by atoms with Crippen molar-refractivity contribution >= 4 is 15.9 Å². The van der Waals surface area contributed by atoms with Crippen LogP contribution in [-0.4, -0.2) is 74.3 Å². The molecule has 3 aromatic rings.